The molecule has 2 fully saturated rings. The van der Waals surface area contributed by atoms with Crippen molar-refractivity contribution in [2.45, 2.75) is 65.0 Å². The van der Waals surface area contributed by atoms with Gasteiger partial charge in [-0.2, -0.15) is 0 Å². The lowest BCUT2D eigenvalue weighted by atomic mass is 9.79. The molecule has 0 saturated heterocycles. The Hall–Kier alpha value is -1.29. The number of ether oxygens (including phenoxy) is 1. The van der Waals surface area contributed by atoms with Gasteiger partial charge in [0.25, 0.3) is 0 Å². The van der Waals surface area contributed by atoms with Crippen molar-refractivity contribution in [3.8, 4) is 0 Å². The number of carbonyl (C=O) groups is 1. The Kier molecular flexibility index (Phi) is 4.31. The summed E-state index contributed by atoms with van der Waals surface area (Å²) in [7, 11) is 0. The fourth-order valence-corrected chi connectivity index (χ4v) is 3.86. The number of rotatable bonds is 5. The largest absolute Gasteiger partial charge is 0.444 e. The van der Waals surface area contributed by atoms with Gasteiger partial charge in [0.1, 0.15) is 5.60 Å². The highest BCUT2D eigenvalue weighted by Gasteiger charge is 2.55. The lowest BCUT2D eigenvalue weighted by Gasteiger charge is -2.33. The van der Waals surface area contributed by atoms with Crippen LogP contribution in [0.4, 0.5) is 4.79 Å². The molecule has 134 valence electrons. The Balaban J connectivity index is 1.72. The Morgan fingerprint density at radius 3 is 2.54 bits per heavy atom. The minimum atomic E-state index is -0.462. The molecule has 0 aromatic rings. The molecule has 1 amide bonds. The molecule has 3 rings (SSSR count). The minimum Gasteiger partial charge on any atom is -0.444 e. The van der Waals surface area contributed by atoms with Crippen molar-refractivity contribution in [3.05, 3.63) is 24.3 Å². The fourth-order valence-electron chi connectivity index (χ4n) is 3.86. The third-order valence-corrected chi connectivity index (χ3v) is 5.81. The lowest BCUT2D eigenvalue weighted by molar-refractivity contribution is 0.0172. The van der Waals surface area contributed by atoms with Crippen LogP contribution in [-0.4, -0.2) is 35.7 Å². The summed E-state index contributed by atoms with van der Waals surface area (Å²) in [4.78, 5) is 14.8. The maximum absolute atomic E-state index is 12.8. The number of hydrogen-bond donors (Lipinski definition) is 1. The molecule has 0 bridgehead atoms. The molecule has 0 aromatic heterocycles. The van der Waals surface area contributed by atoms with E-state index in [9.17, 15) is 4.79 Å². The molecule has 0 aromatic carbocycles. The molecular weight excluding hydrogens is 300 g/mol. The van der Waals surface area contributed by atoms with Gasteiger partial charge in [0.05, 0.1) is 0 Å². The third-order valence-electron chi connectivity index (χ3n) is 5.81. The van der Waals surface area contributed by atoms with Gasteiger partial charge in [-0.3, -0.25) is 0 Å². The standard InChI is InChI=1S/C20H32N2O2/c1-18(2,3)24-17(23)22(14-20(13-21)10-11-20)16-12-15(16)19(4)8-6-5-7-9-19/h5-8,15-16H,9-14,21H2,1-4H3/t15?,16-,19?/m0/s1. The Bertz CT molecular complexity index is 556. The van der Waals surface area contributed by atoms with Gasteiger partial charge in [-0.25, -0.2) is 4.79 Å². The summed E-state index contributed by atoms with van der Waals surface area (Å²) in [5, 5.41) is 0. The molecule has 24 heavy (non-hydrogen) atoms. The van der Waals surface area contributed by atoms with Crippen molar-refractivity contribution in [1.29, 1.82) is 0 Å². The number of nitrogens with zero attached hydrogens (tertiary/aromatic N) is 1. The van der Waals surface area contributed by atoms with Gasteiger partial charge in [-0.15, -0.1) is 0 Å². The topological polar surface area (TPSA) is 55.6 Å². The summed E-state index contributed by atoms with van der Waals surface area (Å²) in [5.41, 5.74) is 5.79. The fraction of sp³-hybridized carbons (Fsp3) is 0.750. The van der Waals surface area contributed by atoms with Gasteiger partial charge in [0.15, 0.2) is 0 Å². The lowest BCUT2D eigenvalue weighted by Crippen LogP contribution is -2.44. The molecule has 2 N–H and O–H groups in total. The summed E-state index contributed by atoms with van der Waals surface area (Å²) in [6.45, 7) is 9.50. The second-order valence-corrected chi connectivity index (χ2v) is 9.22. The Morgan fingerprint density at radius 2 is 2.04 bits per heavy atom. The van der Waals surface area contributed by atoms with Gasteiger partial charge in [-0.1, -0.05) is 31.2 Å². The molecule has 3 atom stereocenters. The van der Waals surface area contributed by atoms with E-state index in [1.165, 1.54) is 0 Å². The van der Waals surface area contributed by atoms with Crippen molar-refractivity contribution in [2.75, 3.05) is 13.1 Å². The second kappa shape index (κ2) is 5.91. The average Bonchev–Trinajstić information content (AvgIpc) is 3.38. The van der Waals surface area contributed by atoms with Gasteiger partial charge >= 0.3 is 6.09 Å². The first kappa shape index (κ1) is 17.5. The van der Waals surface area contributed by atoms with E-state index >= 15 is 0 Å². The predicted molar refractivity (Wildman–Crippen MR) is 96.6 cm³/mol. The summed E-state index contributed by atoms with van der Waals surface area (Å²) in [6.07, 6.45) is 13.0. The van der Waals surface area contributed by atoms with E-state index in [2.05, 4.69) is 31.2 Å². The van der Waals surface area contributed by atoms with Crippen molar-refractivity contribution in [2.24, 2.45) is 22.5 Å². The summed E-state index contributed by atoms with van der Waals surface area (Å²) < 4.78 is 5.70. The highest BCUT2D eigenvalue weighted by Crippen LogP contribution is 2.54. The van der Waals surface area contributed by atoms with Crippen molar-refractivity contribution in [1.82, 2.24) is 4.90 Å². The number of nitrogens with two attached hydrogens (primary N) is 1. The molecule has 3 aliphatic carbocycles. The smallest absolute Gasteiger partial charge is 0.410 e. The van der Waals surface area contributed by atoms with Gasteiger partial charge in [-0.05, 0) is 64.3 Å². The van der Waals surface area contributed by atoms with Crippen LogP contribution < -0.4 is 5.73 Å². The zero-order valence-electron chi connectivity index (χ0n) is 15.5. The molecule has 4 nitrogen and oxygen atoms in total. The van der Waals surface area contributed by atoms with E-state index in [4.69, 9.17) is 10.5 Å². The van der Waals surface area contributed by atoms with Crippen LogP contribution in [0.25, 0.3) is 0 Å². The van der Waals surface area contributed by atoms with E-state index < -0.39 is 5.60 Å². The minimum absolute atomic E-state index is 0.132. The molecule has 0 heterocycles. The van der Waals surface area contributed by atoms with Crippen LogP contribution >= 0.6 is 0 Å². The van der Waals surface area contributed by atoms with Crippen molar-refractivity contribution < 1.29 is 9.53 Å². The average molecular weight is 332 g/mol. The first-order valence-corrected chi connectivity index (χ1v) is 9.22. The molecule has 2 saturated carbocycles. The van der Waals surface area contributed by atoms with Gasteiger partial charge in [0, 0.05) is 18.0 Å². The number of amides is 1. The number of carbonyl (C=O) groups excluding carboxylic acids is 1. The number of hydrogen-bond acceptors (Lipinski definition) is 3. The van der Waals surface area contributed by atoms with E-state index in [0.717, 1.165) is 32.2 Å². The zero-order chi connectivity index (χ0) is 17.6. The monoisotopic (exact) mass is 332 g/mol. The summed E-state index contributed by atoms with van der Waals surface area (Å²) in [6, 6.07) is 0.282. The molecular formula is C20H32N2O2. The van der Waals surface area contributed by atoms with Crippen LogP contribution in [0.2, 0.25) is 0 Å². The zero-order valence-corrected chi connectivity index (χ0v) is 15.5. The molecule has 0 spiro atoms. The van der Waals surface area contributed by atoms with Crippen LogP contribution in [0.3, 0.4) is 0 Å². The molecule has 4 heteroatoms. The van der Waals surface area contributed by atoms with Crippen molar-refractivity contribution in [3.63, 3.8) is 0 Å². The summed E-state index contributed by atoms with van der Waals surface area (Å²) in [5.74, 6) is 0.514. The van der Waals surface area contributed by atoms with Crippen LogP contribution in [0.1, 0.15) is 53.4 Å². The molecule has 0 aliphatic heterocycles. The number of allylic oxidation sites excluding steroid dienone is 4. The van der Waals surface area contributed by atoms with Crippen LogP contribution in [0, 0.1) is 16.7 Å². The van der Waals surface area contributed by atoms with E-state index in [-0.39, 0.29) is 23.0 Å². The second-order valence-electron chi connectivity index (χ2n) is 9.22. The predicted octanol–water partition coefficient (Wildman–Crippen LogP) is 3.87. The van der Waals surface area contributed by atoms with Crippen LogP contribution in [0.5, 0.6) is 0 Å². The highest BCUT2D eigenvalue weighted by molar-refractivity contribution is 5.69. The molecule has 2 unspecified atom stereocenters. The first-order valence-electron chi connectivity index (χ1n) is 9.22. The van der Waals surface area contributed by atoms with Gasteiger partial charge in [0.2, 0.25) is 0 Å². The van der Waals surface area contributed by atoms with Crippen molar-refractivity contribution >= 4 is 6.09 Å². The van der Waals surface area contributed by atoms with Crippen LogP contribution in [0.15, 0.2) is 24.3 Å². The first-order chi connectivity index (χ1) is 11.2. The maximum Gasteiger partial charge on any atom is 0.410 e. The van der Waals surface area contributed by atoms with E-state index in [1.807, 2.05) is 25.7 Å². The Labute approximate surface area is 146 Å². The Morgan fingerprint density at radius 1 is 1.33 bits per heavy atom. The SMILES string of the molecule is CC(C)(C)OC(=O)N(CC1(CN)CC1)[C@H]1CC1C1(C)C=CC=CC1. The molecule has 3 aliphatic rings. The maximum atomic E-state index is 12.8. The van der Waals surface area contributed by atoms with Gasteiger partial charge < -0.3 is 15.4 Å². The van der Waals surface area contributed by atoms with Crippen LogP contribution in [-0.2, 0) is 4.74 Å². The molecule has 0 radical (unpaired) electrons. The van der Waals surface area contributed by atoms with E-state index in [0.29, 0.717) is 12.5 Å². The highest BCUT2D eigenvalue weighted by atomic mass is 16.6. The van der Waals surface area contributed by atoms with E-state index in [1.54, 1.807) is 0 Å². The quantitative estimate of drug-likeness (QED) is 0.831. The normalized spacial score (nSPS) is 33.2. The third kappa shape index (κ3) is 3.69. The summed E-state index contributed by atoms with van der Waals surface area (Å²) >= 11 is 0.